The Morgan fingerprint density at radius 2 is 2.07 bits per heavy atom. The van der Waals surface area contributed by atoms with Crippen molar-refractivity contribution in [3.8, 4) is 5.88 Å². The summed E-state index contributed by atoms with van der Waals surface area (Å²) < 4.78 is 7.76. The summed E-state index contributed by atoms with van der Waals surface area (Å²) in [7, 11) is 3.82. The van der Waals surface area contributed by atoms with Crippen molar-refractivity contribution in [1.82, 2.24) is 24.5 Å². The van der Waals surface area contributed by atoms with Crippen molar-refractivity contribution in [2.75, 3.05) is 32.1 Å². The third-order valence-electron chi connectivity index (χ3n) is 4.71. The molecule has 0 bridgehead atoms. The van der Waals surface area contributed by atoms with Gasteiger partial charge < -0.3 is 14.5 Å². The molecule has 0 aliphatic carbocycles. The summed E-state index contributed by atoms with van der Waals surface area (Å²) in [6.45, 7) is 3.04. The molecule has 4 rings (SSSR count). The van der Waals surface area contributed by atoms with Gasteiger partial charge in [0.1, 0.15) is 17.4 Å². The quantitative estimate of drug-likeness (QED) is 0.701. The van der Waals surface area contributed by atoms with Crippen LogP contribution in [-0.2, 0) is 0 Å². The van der Waals surface area contributed by atoms with Gasteiger partial charge in [0.25, 0.3) is 5.91 Å². The van der Waals surface area contributed by atoms with Crippen molar-refractivity contribution in [3.63, 3.8) is 0 Å². The van der Waals surface area contributed by atoms with Gasteiger partial charge in [-0.1, -0.05) is 6.07 Å². The van der Waals surface area contributed by atoms with Gasteiger partial charge in [0.2, 0.25) is 5.88 Å². The lowest BCUT2D eigenvalue weighted by Gasteiger charge is -2.17. The van der Waals surface area contributed by atoms with Crippen LogP contribution in [0.5, 0.6) is 5.88 Å². The van der Waals surface area contributed by atoms with Crippen LogP contribution in [0.25, 0.3) is 5.65 Å². The van der Waals surface area contributed by atoms with Crippen molar-refractivity contribution in [1.29, 1.82) is 0 Å². The monoisotopic (exact) mass is 366 g/mol. The van der Waals surface area contributed by atoms with Gasteiger partial charge in [0.15, 0.2) is 5.82 Å². The van der Waals surface area contributed by atoms with Crippen LogP contribution in [0, 0.1) is 6.92 Å². The zero-order chi connectivity index (χ0) is 19.0. The molecule has 27 heavy (non-hydrogen) atoms. The number of rotatable bonds is 4. The van der Waals surface area contributed by atoms with Gasteiger partial charge in [-0.15, -0.1) is 10.2 Å². The van der Waals surface area contributed by atoms with Gasteiger partial charge in [-0.2, -0.15) is 0 Å². The second-order valence-electron chi connectivity index (χ2n) is 6.88. The number of anilines is 1. The van der Waals surface area contributed by atoms with Crippen LogP contribution in [0.4, 0.5) is 5.82 Å². The number of amides is 1. The van der Waals surface area contributed by atoms with E-state index in [2.05, 4.69) is 15.2 Å². The number of likely N-dealkylation sites (tertiary alicyclic amines) is 1. The maximum atomic E-state index is 13.0. The Balaban J connectivity index is 1.46. The maximum absolute atomic E-state index is 13.0. The second kappa shape index (κ2) is 6.86. The van der Waals surface area contributed by atoms with Crippen LogP contribution in [0.2, 0.25) is 0 Å². The summed E-state index contributed by atoms with van der Waals surface area (Å²) >= 11 is 0. The minimum Gasteiger partial charge on any atom is -0.471 e. The molecule has 1 aliphatic heterocycles. The maximum Gasteiger partial charge on any atom is 0.272 e. The van der Waals surface area contributed by atoms with Crippen LogP contribution in [-0.4, -0.2) is 63.7 Å². The first-order valence-electron chi connectivity index (χ1n) is 8.93. The molecule has 8 nitrogen and oxygen atoms in total. The minimum absolute atomic E-state index is 0.0219. The lowest BCUT2D eigenvalue weighted by molar-refractivity contribution is 0.0763. The summed E-state index contributed by atoms with van der Waals surface area (Å²) in [4.78, 5) is 21.2. The normalized spacial score (nSPS) is 16.7. The number of ether oxygens (including phenoxy) is 1. The molecule has 1 amide bonds. The van der Waals surface area contributed by atoms with E-state index in [1.165, 1.54) is 0 Å². The first-order valence-corrected chi connectivity index (χ1v) is 8.93. The summed E-state index contributed by atoms with van der Waals surface area (Å²) in [6, 6.07) is 9.38. The number of fused-ring (bicyclic) bond motifs is 1. The molecule has 1 aliphatic rings. The highest BCUT2D eigenvalue weighted by Gasteiger charge is 2.31. The van der Waals surface area contributed by atoms with Gasteiger partial charge in [-0.3, -0.25) is 9.20 Å². The van der Waals surface area contributed by atoms with Gasteiger partial charge in [0, 0.05) is 39.3 Å². The molecule has 4 heterocycles. The van der Waals surface area contributed by atoms with Crippen LogP contribution in [0.3, 0.4) is 0 Å². The predicted molar refractivity (Wildman–Crippen MR) is 101 cm³/mol. The molecule has 140 valence electrons. The molecule has 0 radical (unpaired) electrons. The number of hydrogen-bond donors (Lipinski definition) is 0. The van der Waals surface area contributed by atoms with E-state index in [9.17, 15) is 4.79 Å². The molecule has 0 unspecified atom stereocenters. The Labute approximate surface area is 157 Å². The van der Waals surface area contributed by atoms with E-state index in [0.717, 1.165) is 23.6 Å². The van der Waals surface area contributed by atoms with Crippen LogP contribution in [0.1, 0.15) is 22.6 Å². The zero-order valence-corrected chi connectivity index (χ0v) is 15.7. The van der Waals surface area contributed by atoms with E-state index in [-0.39, 0.29) is 12.0 Å². The lowest BCUT2D eigenvalue weighted by atomic mass is 10.3. The summed E-state index contributed by atoms with van der Waals surface area (Å²) in [5, 5.41) is 8.23. The number of carbonyl (C=O) groups is 1. The molecule has 3 aromatic heterocycles. The third kappa shape index (κ3) is 3.30. The Morgan fingerprint density at radius 1 is 1.22 bits per heavy atom. The lowest BCUT2D eigenvalue weighted by Crippen LogP contribution is -2.32. The highest BCUT2D eigenvalue weighted by atomic mass is 16.5. The predicted octanol–water partition coefficient (Wildman–Crippen LogP) is 1.79. The number of pyridine rings is 1. The van der Waals surface area contributed by atoms with Crippen molar-refractivity contribution < 1.29 is 9.53 Å². The Hall–Kier alpha value is -3.16. The second-order valence-corrected chi connectivity index (χ2v) is 6.88. The Bertz CT molecular complexity index is 966. The SMILES string of the molecule is Cc1nc2ccccn2c1C(=O)N1CC[C@H](Oc2ccc(N(C)C)nn2)C1. The van der Waals surface area contributed by atoms with Crippen molar-refractivity contribution in [2.45, 2.75) is 19.4 Å². The minimum atomic E-state index is -0.0899. The fraction of sp³-hybridized carbons (Fsp3) is 0.368. The first kappa shape index (κ1) is 17.3. The molecule has 0 spiro atoms. The number of aromatic nitrogens is 4. The molecule has 0 saturated carbocycles. The van der Waals surface area contributed by atoms with Crippen LogP contribution >= 0.6 is 0 Å². The average Bonchev–Trinajstić information content (AvgIpc) is 3.25. The molecule has 1 fully saturated rings. The van der Waals surface area contributed by atoms with E-state index < -0.39 is 0 Å². The molecule has 8 heteroatoms. The third-order valence-corrected chi connectivity index (χ3v) is 4.71. The summed E-state index contributed by atoms with van der Waals surface area (Å²) in [6.07, 6.45) is 2.54. The van der Waals surface area contributed by atoms with Crippen molar-refractivity contribution in [2.24, 2.45) is 0 Å². The molecular weight excluding hydrogens is 344 g/mol. The van der Waals surface area contributed by atoms with Gasteiger partial charge >= 0.3 is 0 Å². The topological polar surface area (TPSA) is 75.9 Å². The number of nitrogens with zero attached hydrogens (tertiary/aromatic N) is 6. The molecule has 1 atom stereocenters. The van der Waals surface area contributed by atoms with Crippen LogP contribution < -0.4 is 9.64 Å². The van der Waals surface area contributed by atoms with Gasteiger partial charge in [0.05, 0.1) is 12.2 Å². The fourth-order valence-electron chi connectivity index (χ4n) is 3.31. The van der Waals surface area contributed by atoms with Crippen LogP contribution in [0.15, 0.2) is 36.5 Å². The summed E-state index contributed by atoms with van der Waals surface area (Å²) in [5.74, 6) is 1.23. The molecule has 0 N–H and O–H groups in total. The smallest absolute Gasteiger partial charge is 0.272 e. The fourth-order valence-corrected chi connectivity index (χ4v) is 3.31. The van der Waals surface area contributed by atoms with E-state index in [1.54, 1.807) is 6.07 Å². The molecular formula is C19H22N6O2. The van der Waals surface area contributed by atoms with E-state index in [4.69, 9.17) is 4.74 Å². The van der Waals surface area contributed by atoms with Crippen molar-refractivity contribution in [3.05, 3.63) is 47.9 Å². The van der Waals surface area contributed by atoms with Crippen molar-refractivity contribution >= 4 is 17.4 Å². The first-order chi connectivity index (χ1) is 13.0. The van der Waals surface area contributed by atoms with E-state index in [1.807, 2.05) is 65.7 Å². The zero-order valence-electron chi connectivity index (χ0n) is 15.7. The average molecular weight is 366 g/mol. The number of imidazole rings is 1. The number of carbonyl (C=O) groups excluding carboxylic acids is 1. The largest absolute Gasteiger partial charge is 0.471 e. The highest BCUT2D eigenvalue weighted by molar-refractivity contribution is 5.94. The van der Waals surface area contributed by atoms with Gasteiger partial charge in [-0.05, 0) is 25.1 Å². The Morgan fingerprint density at radius 3 is 2.81 bits per heavy atom. The molecule has 0 aromatic carbocycles. The molecule has 1 saturated heterocycles. The molecule has 3 aromatic rings. The highest BCUT2D eigenvalue weighted by Crippen LogP contribution is 2.21. The number of hydrogen-bond acceptors (Lipinski definition) is 6. The number of aryl methyl sites for hydroxylation is 1. The van der Waals surface area contributed by atoms with Gasteiger partial charge in [-0.25, -0.2) is 4.98 Å². The van der Waals surface area contributed by atoms with E-state index >= 15 is 0 Å². The van der Waals surface area contributed by atoms with E-state index in [0.29, 0.717) is 24.7 Å². The Kier molecular flexibility index (Phi) is 4.39. The standard InChI is InChI=1S/C19H22N6O2/c1-13-18(25-10-5-4-6-15(25)20-13)19(26)24-11-9-14(12-24)27-17-8-7-16(21-22-17)23(2)3/h4-8,10,14H,9,11-12H2,1-3H3/t14-/m0/s1. The summed E-state index contributed by atoms with van der Waals surface area (Å²) in [5.41, 5.74) is 2.13.